The monoisotopic (exact) mass is 241 g/mol. The van der Waals surface area contributed by atoms with Gasteiger partial charge in [-0.25, -0.2) is 0 Å². The Balaban J connectivity index is 0. The fourth-order valence-corrected chi connectivity index (χ4v) is 0.505. The van der Waals surface area contributed by atoms with Crippen molar-refractivity contribution in [3.05, 3.63) is 12.7 Å². The van der Waals surface area contributed by atoms with Crippen LogP contribution in [0.25, 0.3) is 0 Å². The van der Waals surface area contributed by atoms with Crippen LogP contribution in [0.3, 0.4) is 0 Å². The number of quaternary nitrogens is 1. The fraction of sp³-hybridized carbons (Fsp3) is 0.750. The second kappa shape index (κ2) is 7.98. The van der Waals surface area contributed by atoms with Crippen LogP contribution in [-0.2, 0) is 9.30 Å². The summed E-state index contributed by atoms with van der Waals surface area (Å²) in [7, 11) is 1.56. The Morgan fingerprint density at radius 1 is 1.47 bits per heavy atom. The minimum absolute atomic E-state index is 0.667. The molecule has 92 valence electrons. The molecule has 6 nitrogen and oxygen atoms in total. The first-order chi connectivity index (χ1) is 6.56. The van der Waals surface area contributed by atoms with Gasteiger partial charge in [0.1, 0.15) is 6.54 Å². The Bertz CT molecular complexity index is 199. The predicted molar refractivity (Wildman–Crippen MR) is 56.0 cm³/mol. The van der Waals surface area contributed by atoms with Crippen LogP contribution < -0.4 is 4.89 Å². The second-order valence-corrected chi connectivity index (χ2v) is 4.85. The highest BCUT2D eigenvalue weighted by Gasteiger charge is 2.04. The Hall–Kier alpha value is -0.230. The average molecular weight is 241 g/mol. The van der Waals surface area contributed by atoms with Crippen molar-refractivity contribution in [2.24, 2.45) is 0 Å². The van der Waals surface area contributed by atoms with Crippen LogP contribution in [0.5, 0.6) is 0 Å². The smallest absolute Gasteiger partial charge is 0.262 e. The zero-order valence-electron chi connectivity index (χ0n) is 9.42. The Morgan fingerprint density at radius 2 is 1.87 bits per heavy atom. The molecule has 0 aliphatic carbocycles. The molecule has 0 rings (SSSR count). The van der Waals surface area contributed by atoms with Crippen molar-refractivity contribution in [3.63, 3.8) is 0 Å². The van der Waals surface area contributed by atoms with Gasteiger partial charge in [-0.15, -0.1) is 6.58 Å². The minimum atomic E-state index is -4.89. The first kappa shape index (κ1) is 17.2. The van der Waals surface area contributed by atoms with Crippen LogP contribution in [0.15, 0.2) is 12.7 Å². The van der Waals surface area contributed by atoms with E-state index in [4.69, 9.17) is 24.0 Å². The third-order valence-electron chi connectivity index (χ3n) is 1.14. The number of hydrogen-bond donors (Lipinski definition) is 2. The van der Waals surface area contributed by atoms with E-state index in [0.29, 0.717) is 6.61 Å². The van der Waals surface area contributed by atoms with Gasteiger partial charge in [-0.05, 0) is 0 Å². The molecule has 0 radical (unpaired) electrons. The van der Waals surface area contributed by atoms with E-state index in [1.807, 2.05) is 0 Å². The molecule has 0 aliphatic rings. The molecule has 0 spiro atoms. The average Bonchev–Trinajstić information content (AvgIpc) is 1.93. The maximum atomic E-state index is 8.77. The first-order valence-corrected chi connectivity index (χ1v) is 5.85. The minimum Gasteiger partial charge on any atom is -0.756 e. The van der Waals surface area contributed by atoms with E-state index in [-0.39, 0.29) is 0 Å². The molecule has 0 bridgehead atoms. The van der Waals surface area contributed by atoms with Crippen LogP contribution in [-0.4, -0.2) is 55.2 Å². The third kappa shape index (κ3) is 41.6. The van der Waals surface area contributed by atoms with E-state index in [1.54, 1.807) is 6.08 Å². The topological polar surface area (TPSA) is 89.8 Å². The largest absolute Gasteiger partial charge is 0.756 e. The SMILES string of the molecule is C=CCOCC[N+](C)(C)C.O=P([O-])(O)O. The van der Waals surface area contributed by atoms with Gasteiger partial charge in [0.25, 0.3) is 7.82 Å². The van der Waals surface area contributed by atoms with Gasteiger partial charge in [0, 0.05) is 0 Å². The molecule has 2 N–H and O–H groups in total. The molecule has 0 aromatic heterocycles. The molecule has 0 aromatic carbocycles. The number of hydrogen-bond acceptors (Lipinski definition) is 3. The summed E-state index contributed by atoms with van der Waals surface area (Å²) in [5, 5.41) is 0. The number of phosphoric acid groups is 1. The van der Waals surface area contributed by atoms with Crippen LogP contribution in [0.1, 0.15) is 0 Å². The van der Waals surface area contributed by atoms with Crippen molar-refractivity contribution in [1.82, 2.24) is 0 Å². The summed E-state index contributed by atoms with van der Waals surface area (Å²) in [4.78, 5) is 22.9. The maximum absolute atomic E-state index is 8.77. The standard InChI is InChI=1S/C8H18NO.H3O4P/c1-5-7-10-8-6-9(2,3)4;1-5(2,3)4/h5H,1,6-8H2,2-4H3;(H3,1,2,3,4)/q+1;/p-1. The lowest BCUT2D eigenvalue weighted by Gasteiger charge is -2.23. The quantitative estimate of drug-likeness (QED) is 0.288. The molecule has 0 unspecified atom stereocenters. The van der Waals surface area contributed by atoms with Crippen LogP contribution >= 0.6 is 7.82 Å². The van der Waals surface area contributed by atoms with Crippen LogP contribution in [0.2, 0.25) is 0 Å². The Kier molecular flexibility index (Phi) is 9.14. The number of nitrogens with zero attached hydrogens (tertiary/aromatic N) is 1. The first-order valence-electron chi connectivity index (χ1n) is 4.32. The second-order valence-electron chi connectivity index (χ2n) is 3.87. The summed E-state index contributed by atoms with van der Waals surface area (Å²) < 4.78 is 15.0. The molecule has 0 atom stereocenters. The number of ether oxygens (including phenoxy) is 1. The van der Waals surface area contributed by atoms with Crippen LogP contribution in [0.4, 0.5) is 0 Å². The molecule has 0 aromatic rings. The molecule has 0 amide bonds. The summed E-state index contributed by atoms with van der Waals surface area (Å²) in [6, 6.07) is 0. The highest BCUT2D eigenvalue weighted by Crippen LogP contribution is 2.18. The normalized spacial score (nSPS) is 11.6. The molecule has 15 heavy (non-hydrogen) atoms. The van der Waals surface area contributed by atoms with Gasteiger partial charge < -0.3 is 23.9 Å². The van der Waals surface area contributed by atoms with Crippen molar-refractivity contribution < 1.29 is 28.5 Å². The molecule has 0 heterocycles. The van der Waals surface area contributed by atoms with Gasteiger partial charge in [-0.1, -0.05) is 6.08 Å². The zero-order valence-corrected chi connectivity index (χ0v) is 10.3. The van der Waals surface area contributed by atoms with Crippen molar-refractivity contribution in [2.45, 2.75) is 0 Å². The van der Waals surface area contributed by atoms with Gasteiger partial charge in [0.05, 0.1) is 34.4 Å². The van der Waals surface area contributed by atoms with E-state index in [2.05, 4.69) is 27.7 Å². The summed E-state index contributed by atoms with van der Waals surface area (Å²) in [6.07, 6.45) is 1.77. The van der Waals surface area contributed by atoms with E-state index in [0.717, 1.165) is 17.6 Å². The van der Waals surface area contributed by atoms with Gasteiger partial charge in [0.15, 0.2) is 0 Å². The maximum Gasteiger partial charge on any atom is 0.262 e. The molecule has 7 heteroatoms. The lowest BCUT2D eigenvalue weighted by molar-refractivity contribution is -0.870. The number of likely N-dealkylation sites (N-methyl/N-ethyl adjacent to an activating group) is 1. The zero-order chi connectivity index (χ0) is 12.5. The molecule has 0 saturated heterocycles. The van der Waals surface area contributed by atoms with E-state index < -0.39 is 7.82 Å². The molecular formula is C8H20NO5P. The van der Waals surface area contributed by atoms with Gasteiger partial charge in [0.2, 0.25) is 0 Å². The highest BCUT2D eigenvalue weighted by atomic mass is 31.2. The molecule has 0 saturated carbocycles. The van der Waals surface area contributed by atoms with Crippen LogP contribution in [0, 0.1) is 0 Å². The molecule has 0 fully saturated rings. The summed E-state index contributed by atoms with van der Waals surface area (Å²) >= 11 is 0. The number of rotatable bonds is 5. The van der Waals surface area contributed by atoms with E-state index in [1.165, 1.54) is 0 Å². The van der Waals surface area contributed by atoms with Crippen molar-refractivity contribution in [2.75, 3.05) is 40.9 Å². The summed E-state index contributed by atoms with van der Waals surface area (Å²) in [5.74, 6) is 0. The lowest BCUT2D eigenvalue weighted by Crippen LogP contribution is -2.37. The Morgan fingerprint density at radius 3 is 2.13 bits per heavy atom. The third-order valence-corrected chi connectivity index (χ3v) is 1.14. The van der Waals surface area contributed by atoms with Crippen molar-refractivity contribution >= 4 is 7.82 Å². The predicted octanol–water partition coefficient (Wildman–Crippen LogP) is -0.665. The van der Waals surface area contributed by atoms with Gasteiger partial charge in [-0.3, -0.25) is 4.57 Å². The Labute approximate surface area is 90.6 Å². The fourth-order valence-electron chi connectivity index (χ4n) is 0.505. The van der Waals surface area contributed by atoms with Gasteiger partial charge >= 0.3 is 0 Å². The van der Waals surface area contributed by atoms with Crippen molar-refractivity contribution in [3.8, 4) is 0 Å². The highest BCUT2D eigenvalue weighted by molar-refractivity contribution is 7.43. The van der Waals surface area contributed by atoms with E-state index >= 15 is 0 Å². The summed E-state index contributed by atoms with van der Waals surface area (Å²) in [5.41, 5.74) is 0. The summed E-state index contributed by atoms with van der Waals surface area (Å²) in [6.45, 7) is 6.10. The van der Waals surface area contributed by atoms with E-state index in [9.17, 15) is 0 Å². The van der Waals surface area contributed by atoms with Crippen molar-refractivity contribution in [1.29, 1.82) is 0 Å². The lowest BCUT2D eigenvalue weighted by atomic mass is 10.5. The molecule has 0 aliphatic heterocycles. The van der Waals surface area contributed by atoms with Gasteiger partial charge in [-0.2, -0.15) is 0 Å². The molecular weight excluding hydrogens is 221 g/mol.